The molecule has 3 atom stereocenters. The minimum atomic E-state index is 0.00616. The highest BCUT2D eigenvalue weighted by Crippen LogP contribution is 2.51. The molecular formula is C22H28O2. The fourth-order valence-corrected chi connectivity index (χ4v) is 5.13. The summed E-state index contributed by atoms with van der Waals surface area (Å²) in [6, 6.07) is 7.21. The average molecular weight is 324 g/mol. The van der Waals surface area contributed by atoms with Crippen LogP contribution in [-0.4, -0.2) is 12.6 Å². The van der Waals surface area contributed by atoms with Gasteiger partial charge in [0.25, 0.3) is 0 Å². The van der Waals surface area contributed by atoms with E-state index in [4.69, 9.17) is 4.74 Å². The second-order valence-electron chi connectivity index (χ2n) is 8.28. The summed E-state index contributed by atoms with van der Waals surface area (Å²) in [5.74, 6) is 1.45. The molecule has 1 spiro atoms. The van der Waals surface area contributed by atoms with Crippen LogP contribution in [0.2, 0.25) is 0 Å². The lowest BCUT2D eigenvalue weighted by molar-refractivity contribution is -0.137. The summed E-state index contributed by atoms with van der Waals surface area (Å²) in [6.07, 6.45) is 12.4. The van der Waals surface area contributed by atoms with Gasteiger partial charge in [-0.15, -0.1) is 6.58 Å². The molecule has 1 aliphatic heterocycles. The zero-order chi connectivity index (χ0) is 16.6. The largest absolute Gasteiger partial charge is 0.465 e. The van der Waals surface area contributed by atoms with Gasteiger partial charge in [0.1, 0.15) is 0 Å². The number of fused-ring (bicyclic) bond motifs is 1. The lowest BCUT2D eigenvalue weighted by atomic mass is 9.79. The number of hydrogen-bond donors (Lipinski definition) is 0. The Hall–Kier alpha value is -1.57. The van der Waals surface area contributed by atoms with Crippen molar-refractivity contribution in [3.63, 3.8) is 0 Å². The van der Waals surface area contributed by atoms with E-state index in [1.807, 2.05) is 6.08 Å². The van der Waals surface area contributed by atoms with Gasteiger partial charge in [-0.05, 0) is 79.9 Å². The fourth-order valence-electron chi connectivity index (χ4n) is 5.13. The molecule has 0 N–H and O–H groups in total. The van der Waals surface area contributed by atoms with Crippen LogP contribution in [-0.2, 0) is 22.4 Å². The van der Waals surface area contributed by atoms with E-state index in [2.05, 4.69) is 24.8 Å². The van der Waals surface area contributed by atoms with E-state index >= 15 is 0 Å². The van der Waals surface area contributed by atoms with Gasteiger partial charge >= 0.3 is 5.97 Å². The molecule has 2 nitrogen and oxygen atoms in total. The molecule has 1 heterocycles. The Morgan fingerprint density at radius 3 is 3.00 bits per heavy atom. The second kappa shape index (κ2) is 6.38. The summed E-state index contributed by atoms with van der Waals surface area (Å²) in [4.78, 5) is 11.5. The van der Waals surface area contributed by atoms with Gasteiger partial charge in [0, 0.05) is 5.41 Å². The summed E-state index contributed by atoms with van der Waals surface area (Å²) in [7, 11) is 0. The third kappa shape index (κ3) is 3.03. The van der Waals surface area contributed by atoms with E-state index in [0.29, 0.717) is 18.9 Å². The Balaban J connectivity index is 1.45. The first kappa shape index (κ1) is 15.9. The molecule has 2 fully saturated rings. The minimum absolute atomic E-state index is 0.00616. The van der Waals surface area contributed by atoms with Crippen molar-refractivity contribution < 1.29 is 9.53 Å². The molecular weight excluding hydrogens is 296 g/mol. The Kier molecular flexibility index (Phi) is 4.24. The Labute approximate surface area is 145 Å². The summed E-state index contributed by atoms with van der Waals surface area (Å²) >= 11 is 0. The highest BCUT2D eigenvalue weighted by atomic mass is 16.5. The van der Waals surface area contributed by atoms with Gasteiger partial charge in [-0.3, -0.25) is 4.79 Å². The zero-order valence-electron chi connectivity index (χ0n) is 14.6. The first-order valence-corrected chi connectivity index (χ1v) is 9.56. The van der Waals surface area contributed by atoms with E-state index in [0.717, 1.165) is 25.2 Å². The Morgan fingerprint density at radius 2 is 2.21 bits per heavy atom. The van der Waals surface area contributed by atoms with Gasteiger partial charge in [0.15, 0.2) is 0 Å². The Morgan fingerprint density at radius 1 is 1.29 bits per heavy atom. The average Bonchev–Trinajstić information content (AvgIpc) is 3.18. The molecule has 0 amide bonds. The quantitative estimate of drug-likeness (QED) is 0.578. The number of benzene rings is 1. The van der Waals surface area contributed by atoms with E-state index in [1.54, 1.807) is 11.1 Å². The van der Waals surface area contributed by atoms with Gasteiger partial charge in [-0.25, -0.2) is 0 Å². The standard InChI is InChI=1S/C22H28O2/c1-2-3-4-16-5-6-18-12-19(8-7-17(18)11-16)20-9-10-22(13-20)14-21(23)24-15-22/h2,7-8,12,16,20H,1,3-6,9-11,13-15H2/t16-,20-,22+/m1/s1. The number of aryl methyl sites for hydroxylation is 1. The summed E-state index contributed by atoms with van der Waals surface area (Å²) in [5.41, 5.74) is 4.77. The first-order valence-electron chi connectivity index (χ1n) is 9.56. The van der Waals surface area contributed by atoms with E-state index in [9.17, 15) is 4.79 Å². The maximum absolute atomic E-state index is 11.5. The predicted octanol–water partition coefficient (Wildman–Crippen LogP) is 4.96. The van der Waals surface area contributed by atoms with Crippen molar-refractivity contribution in [3.8, 4) is 0 Å². The molecule has 24 heavy (non-hydrogen) atoms. The fraction of sp³-hybridized carbons (Fsp3) is 0.591. The number of rotatable bonds is 4. The number of hydrogen-bond acceptors (Lipinski definition) is 2. The number of allylic oxidation sites excluding steroid dienone is 1. The third-order valence-electron chi connectivity index (χ3n) is 6.57. The molecule has 0 unspecified atom stereocenters. The highest BCUT2D eigenvalue weighted by Gasteiger charge is 2.46. The smallest absolute Gasteiger partial charge is 0.306 e. The van der Waals surface area contributed by atoms with Crippen LogP contribution in [0.25, 0.3) is 0 Å². The van der Waals surface area contributed by atoms with E-state index in [-0.39, 0.29) is 11.4 Å². The van der Waals surface area contributed by atoms with Crippen molar-refractivity contribution in [2.75, 3.05) is 6.61 Å². The topological polar surface area (TPSA) is 26.3 Å². The van der Waals surface area contributed by atoms with Crippen LogP contribution in [0.3, 0.4) is 0 Å². The highest BCUT2D eigenvalue weighted by molar-refractivity contribution is 5.72. The van der Waals surface area contributed by atoms with Crippen molar-refractivity contribution in [1.82, 2.24) is 0 Å². The number of ether oxygens (including phenoxy) is 1. The first-order chi connectivity index (χ1) is 11.7. The molecule has 2 aliphatic carbocycles. The van der Waals surface area contributed by atoms with Crippen LogP contribution in [0, 0.1) is 11.3 Å². The van der Waals surface area contributed by atoms with Gasteiger partial charge in [0.2, 0.25) is 0 Å². The second-order valence-corrected chi connectivity index (χ2v) is 8.28. The van der Waals surface area contributed by atoms with Crippen LogP contribution in [0.5, 0.6) is 0 Å². The lowest BCUT2D eigenvalue weighted by Crippen LogP contribution is -2.17. The lowest BCUT2D eigenvalue weighted by Gasteiger charge is -2.26. The van der Waals surface area contributed by atoms with Gasteiger partial charge in [-0.1, -0.05) is 24.3 Å². The maximum atomic E-state index is 11.5. The molecule has 1 saturated carbocycles. The predicted molar refractivity (Wildman–Crippen MR) is 96.0 cm³/mol. The van der Waals surface area contributed by atoms with Crippen molar-refractivity contribution in [1.29, 1.82) is 0 Å². The molecule has 3 aliphatic rings. The van der Waals surface area contributed by atoms with Gasteiger partial charge in [-0.2, -0.15) is 0 Å². The molecule has 1 aromatic rings. The van der Waals surface area contributed by atoms with Crippen molar-refractivity contribution >= 4 is 5.97 Å². The van der Waals surface area contributed by atoms with Crippen LogP contribution in [0.15, 0.2) is 30.9 Å². The molecule has 1 saturated heterocycles. The van der Waals surface area contributed by atoms with Crippen LogP contribution < -0.4 is 0 Å². The molecule has 1 aromatic carbocycles. The van der Waals surface area contributed by atoms with E-state index in [1.165, 1.54) is 37.7 Å². The van der Waals surface area contributed by atoms with Gasteiger partial charge < -0.3 is 4.74 Å². The van der Waals surface area contributed by atoms with Crippen molar-refractivity contribution in [2.24, 2.45) is 11.3 Å². The summed E-state index contributed by atoms with van der Waals surface area (Å²) < 4.78 is 5.26. The Bertz CT molecular complexity index is 647. The molecule has 0 aromatic heterocycles. The van der Waals surface area contributed by atoms with Crippen molar-refractivity contribution in [2.45, 2.75) is 63.7 Å². The number of cyclic esters (lactones) is 1. The number of esters is 1. The minimum Gasteiger partial charge on any atom is -0.465 e. The normalized spacial score (nSPS) is 31.9. The van der Waals surface area contributed by atoms with Crippen LogP contribution in [0.1, 0.15) is 67.6 Å². The SMILES string of the molecule is C=CCC[C@@H]1CCc2cc([C@@H]3CC[C@]4(COC(=O)C4)C3)ccc2C1. The van der Waals surface area contributed by atoms with Gasteiger partial charge in [0.05, 0.1) is 13.0 Å². The maximum Gasteiger partial charge on any atom is 0.306 e. The van der Waals surface area contributed by atoms with Crippen molar-refractivity contribution in [3.05, 3.63) is 47.5 Å². The number of carbonyl (C=O) groups is 1. The summed E-state index contributed by atoms with van der Waals surface area (Å²) in [5, 5.41) is 0. The molecule has 2 heteroatoms. The molecule has 0 bridgehead atoms. The molecule has 128 valence electrons. The molecule has 4 rings (SSSR count). The van der Waals surface area contributed by atoms with Crippen LogP contribution in [0.4, 0.5) is 0 Å². The summed E-state index contributed by atoms with van der Waals surface area (Å²) in [6.45, 7) is 4.50. The zero-order valence-corrected chi connectivity index (χ0v) is 14.6. The third-order valence-corrected chi connectivity index (χ3v) is 6.57. The van der Waals surface area contributed by atoms with Crippen LogP contribution >= 0.6 is 0 Å². The monoisotopic (exact) mass is 324 g/mol. The van der Waals surface area contributed by atoms with E-state index < -0.39 is 0 Å². The number of carbonyl (C=O) groups excluding carboxylic acids is 1. The molecule has 0 radical (unpaired) electrons.